The molecule has 0 aromatic heterocycles. The highest BCUT2D eigenvalue weighted by atomic mass is 32.2. The van der Waals surface area contributed by atoms with Crippen LogP contribution in [0.5, 0.6) is 0 Å². The smallest absolute Gasteiger partial charge is 0.151 e. The van der Waals surface area contributed by atoms with Crippen molar-refractivity contribution in [2.24, 2.45) is 0 Å². The lowest BCUT2D eigenvalue weighted by atomic mass is 10.2. The molecule has 3 N–H and O–H groups in total. The first-order valence-corrected chi connectivity index (χ1v) is 5.84. The summed E-state index contributed by atoms with van der Waals surface area (Å²) in [4.78, 5) is 0. The molecule has 1 unspecified atom stereocenters. The Kier molecular flexibility index (Phi) is 4.20. The number of nitrogens with two attached hydrogens (primary N) is 1. The van der Waals surface area contributed by atoms with E-state index in [-0.39, 0.29) is 5.69 Å². The van der Waals surface area contributed by atoms with Crippen molar-refractivity contribution < 1.29 is 8.78 Å². The highest BCUT2D eigenvalue weighted by Gasteiger charge is 2.08. The van der Waals surface area contributed by atoms with Crippen molar-refractivity contribution in [2.45, 2.75) is 12.2 Å². The van der Waals surface area contributed by atoms with Crippen LogP contribution in [0, 0.1) is 11.6 Å². The van der Waals surface area contributed by atoms with Gasteiger partial charge in [-0.3, -0.25) is 0 Å². The van der Waals surface area contributed by atoms with Gasteiger partial charge in [0.05, 0.1) is 11.4 Å². The first-order valence-electron chi connectivity index (χ1n) is 4.55. The number of halogens is 2. The standard InChI is InChI=1S/C10H14F2N2S/c1-6(15-2)5-14-9-4-7(11)3-8(12)10(9)13/h3-4,6,14H,5,13H2,1-2H3. The van der Waals surface area contributed by atoms with Crippen LogP contribution in [0.2, 0.25) is 0 Å². The van der Waals surface area contributed by atoms with Crippen LogP contribution in [0.15, 0.2) is 12.1 Å². The molecule has 0 aliphatic carbocycles. The van der Waals surface area contributed by atoms with Crippen molar-refractivity contribution in [1.82, 2.24) is 0 Å². The Morgan fingerprint density at radius 3 is 2.73 bits per heavy atom. The highest BCUT2D eigenvalue weighted by molar-refractivity contribution is 7.99. The summed E-state index contributed by atoms with van der Waals surface area (Å²) in [6.45, 7) is 2.64. The minimum absolute atomic E-state index is 0.0373. The average molecular weight is 232 g/mol. The summed E-state index contributed by atoms with van der Waals surface area (Å²) in [6.07, 6.45) is 1.97. The molecular weight excluding hydrogens is 218 g/mol. The lowest BCUT2D eigenvalue weighted by Crippen LogP contribution is -2.14. The number of thioether (sulfide) groups is 1. The zero-order valence-corrected chi connectivity index (χ0v) is 9.50. The number of rotatable bonds is 4. The van der Waals surface area contributed by atoms with Crippen LogP contribution < -0.4 is 11.1 Å². The molecule has 0 aliphatic rings. The van der Waals surface area contributed by atoms with Crippen LogP contribution in [0.4, 0.5) is 20.2 Å². The molecule has 0 saturated heterocycles. The third-order valence-corrected chi connectivity index (χ3v) is 3.05. The molecule has 2 nitrogen and oxygen atoms in total. The summed E-state index contributed by atoms with van der Waals surface area (Å²) >= 11 is 1.67. The molecule has 15 heavy (non-hydrogen) atoms. The second kappa shape index (κ2) is 5.21. The van der Waals surface area contributed by atoms with Crippen molar-refractivity contribution in [3.8, 4) is 0 Å². The summed E-state index contributed by atoms with van der Waals surface area (Å²) in [7, 11) is 0. The van der Waals surface area contributed by atoms with Crippen molar-refractivity contribution in [3.05, 3.63) is 23.8 Å². The van der Waals surface area contributed by atoms with Gasteiger partial charge in [-0.05, 0) is 12.3 Å². The molecule has 0 saturated carbocycles. The maximum atomic E-state index is 13.0. The Hall–Kier alpha value is -0.970. The van der Waals surface area contributed by atoms with E-state index in [4.69, 9.17) is 5.73 Å². The van der Waals surface area contributed by atoms with Gasteiger partial charge in [0.25, 0.3) is 0 Å². The topological polar surface area (TPSA) is 38.0 Å². The fourth-order valence-corrected chi connectivity index (χ4v) is 1.32. The third kappa shape index (κ3) is 3.27. The van der Waals surface area contributed by atoms with Crippen LogP contribution in [-0.2, 0) is 0 Å². The van der Waals surface area contributed by atoms with E-state index in [1.165, 1.54) is 6.07 Å². The van der Waals surface area contributed by atoms with Gasteiger partial charge in [0, 0.05) is 17.9 Å². The van der Waals surface area contributed by atoms with Gasteiger partial charge in [-0.1, -0.05) is 6.92 Å². The van der Waals surface area contributed by atoms with E-state index in [0.717, 1.165) is 6.07 Å². The predicted octanol–water partition coefficient (Wildman–Crippen LogP) is 2.71. The Labute approximate surface area is 92.2 Å². The molecule has 0 amide bonds. The van der Waals surface area contributed by atoms with Gasteiger partial charge in [-0.15, -0.1) is 0 Å². The first-order chi connectivity index (χ1) is 7.04. The van der Waals surface area contributed by atoms with Gasteiger partial charge in [-0.2, -0.15) is 11.8 Å². The molecular formula is C10H14F2N2S. The van der Waals surface area contributed by atoms with Crippen molar-refractivity contribution in [2.75, 3.05) is 23.9 Å². The van der Waals surface area contributed by atoms with E-state index in [9.17, 15) is 8.78 Å². The second-order valence-electron chi connectivity index (χ2n) is 3.28. The van der Waals surface area contributed by atoms with E-state index < -0.39 is 11.6 Å². The molecule has 0 spiro atoms. The van der Waals surface area contributed by atoms with Crippen LogP contribution in [0.3, 0.4) is 0 Å². The van der Waals surface area contributed by atoms with Crippen molar-refractivity contribution >= 4 is 23.1 Å². The highest BCUT2D eigenvalue weighted by Crippen LogP contribution is 2.23. The van der Waals surface area contributed by atoms with Crippen LogP contribution in [0.1, 0.15) is 6.92 Å². The maximum Gasteiger partial charge on any atom is 0.151 e. The van der Waals surface area contributed by atoms with E-state index >= 15 is 0 Å². The average Bonchev–Trinajstić information content (AvgIpc) is 2.20. The number of nitrogens with one attached hydrogen (secondary N) is 1. The number of anilines is 2. The van der Waals surface area contributed by atoms with E-state index in [2.05, 4.69) is 5.32 Å². The molecule has 84 valence electrons. The van der Waals surface area contributed by atoms with Gasteiger partial charge >= 0.3 is 0 Å². The zero-order valence-electron chi connectivity index (χ0n) is 8.68. The molecule has 0 aliphatic heterocycles. The maximum absolute atomic E-state index is 13.0. The summed E-state index contributed by atoms with van der Waals surface area (Å²) in [5.74, 6) is -1.35. The second-order valence-corrected chi connectivity index (χ2v) is 4.55. The summed E-state index contributed by atoms with van der Waals surface area (Å²) in [5, 5.41) is 3.28. The van der Waals surface area contributed by atoms with Gasteiger partial charge in [0.1, 0.15) is 5.82 Å². The molecule has 0 bridgehead atoms. The number of benzene rings is 1. The van der Waals surface area contributed by atoms with Gasteiger partial charge in [-0.25, -0.2) is 8.78 Å². The van der Waals surface area contributed by atoms with Crippen LogP contribution in [0.25, 0.3) is 0 Å². The molecule has 5 heteroatoms. The summed E-state index contributed by atoms with van der Waals surface area (Å²) in [6, 6.07) is 1.98. The molecule has 1 atom stereocenters. The molecule has 1 rings (SSSR count). The SMILES string of the molecule is CSC(C)CNc1cc(F)cc(F)c1N. The lowest BCUT2D eigenvalue weighted by molar-refractivity contribution is 0.587. The fraction of sp³-hybridized carbons (Fsp3) is 0.400. The molecule has 1 aromatic carbocycles. The Bertz CT molecular complexity index is 344. The number of hydrogen-bond donors (Lipinski definition) is 2. The molecule has 0 fully saturated rings. The molecule has 1 aromatic rings. The normalized spacial score (nSPS) is 12.5. The Morgan fingerprint density at radius 2 is 2.13 bits per heavy atom. The molecule has 0 radical (unpaired) electrons. The third-order valence-electron chi connectivity index (χ3n) is 2.08. The fourth-order valence-electron chi connectivity index (χ4n) is 1.07. The lowest BCUT2D eigenvalue weighted by Gasteiger charge is -2.13. The van der Waals surface area contributed by atoms with E-state index in [1.54, 1.807) is 11.8 Å². The quantitative estimate of drug-likeness (QED) is 0.784. The minimum atomic E-state index is -0.727. The predicted molar refractivity (Wildman–Crippen MR) is 62.2 cm³/mol. The van der Waals surface area contributed by atoms with Gasteiger partial charge in [0.15, 0.2) is 5.82 Å². The van der Waals surface area contributed by atoms with Crippen molar-refractivity contribution in [3.63, 3.8) is 0 Å². The van der Waals surface area contributed by atoms with Crippen LogP contribution in [-0.4, -0.2) is 18.1 Å². The van der Waals surface area contributed by atoms with Gasteiger partial charge < -0.3 is 11.1 Å². The Morgan fingerprint density at radius 1 is 1.47 bits per heavy atom. The zero-order chi connectivity index (χ0) is 11.4. The van der Waals surface area contributed by atoms with Crippen LogP contribution >= 0.6 is 11.8 Å². The number of nitrogen functional groups attached to an aromatic ring is 1. The van der Waals surface area contributed by atoms with Gasteiger partial charge in [0.2, 0.25) is 0 Å². The van der Waals surface area contributed by atoms with E-state index in [0.29, 0.717) is 17.5 Å². The van der Waals surface area contributed by atoms with E-state index in [1.807, 2.05) is 13.2 Å². The first kappa shape index (κ1) is 12.1. The minimum Gasteiger partial charge on any atom is -0.395 e. The Balaban J connectivity index is 2.76. The summed E-state index contributed by atoms with van der Waals surface area (Å²) < 4.78 is 25.9. The number of hydrogen-bond acceptors (Lipinski definition) is 3. The van der Waals surface area contributed by atoms with Crippen molar-refractivity contribution in [1.29, 1.82) is 0 Å². The summed E-state index contributed by atoms with van der Waals surface area (Å²) in [5.41, 5.74) is 5.74. The molecule has 0 heterocycles. The largest absolute Gasteiger partial charge is 0.395 e. The monoisotopic (exact) mass is 232 g/mol.